The van der Waals surface area contributed by atoms with E-state index in [0.717, 1.165) is 16.1 Å². The maximum Gasteiger partial charge on any atom is 0.335 e. The van der Waals surface area contributed by atoms with Gasteiger partial charge < -0.3 is 9.84 Å². The summed E-state index contributed by atoms with van der Waals surface area (Å²) in [5, 5.41) is 19.8. The Morgan fingerprint density at radius 2 is 1.90 bits per heavy atom. The van der Waals surface area contributed by atoms with Gasteiger partial charge in [0, 0.05) is 10.5 Å². The Labute approximate surface area is 128 Å². The van der Waals surface area contributed by atoms with Crippen LogP contribution in [-0.2, 0) is 6.61 Å². The molecule has 0 aliphatic heterocycles. The van der Waals surface area contributed by atoms with Crippen molar-refractivity contribution in [3.05, 3.63) is 68.2 Å². The van der Waals surface area contributed by atoms with E-state index in [1.807, 2.05) is 24.3 Å². The molecule has 6 nitrogen and oxygen atoms in total. The third-order valence-electron chi connectivity index (χ3n) is 2.71. The van der Waals surface area contributed by atoms with E-state index in [9.17, 15) is 14.9 Å². The molecule has 0 saturated carbocycles. The van der Waals surface area contributed by atoms with Gasteiger partial charge in [-0.15, -0.1) is 0 Å². The summed E-state index contributed by atoms with van der Waals surface area (Å²) in [6.07, 6.45) is 0. The second-order valence-electron chi connectivity index (χ2n) is 4.16. The first-order valence-electron chi connectivity index (χ1n) is 5.86. The lowest BCUT2D eigenvalue weighted by Crippen LogP contribution is -2.02. The first-order valence-corrected chi connectivity index (χ1v) is 6.65. The number of carboxylic acid groups (broad SMARTS) is 1. The van der Waals surface area contributed by atoms with Gasteiger partial charge in [0.15, 0.2) is 5.75 Å². The number of hydrogen-bond donors (Lipinski definition) is 1. The van der Waals surface area contributed by atoms with Crippen molar-refractivity contribution in [1.29, 1.82) is 0 Å². The van der Waals surface area contributed by atoms with Crippen molar-refractivity contribution in [2.75, 3.05) is 0 Å². The molecule has 0 heterocycles. The van der Waals surface area contributed by atoms with Crippen LogP contribution in [-0.4, -0.2) is 16.0 Å². The maximum absolute atomic E-state index is 11.0. The van der Waals surface area contributed by atoms with Gasteiger partial charge in [-0.3, -0.25) is 10.1 Å². The fourth-order valence-electron chi connectivity index (χ4n) is 1.66. The predicted octanol–water partition coefficient (Wildman–Crippen LogP) is 3.63. The average molecular weight is 352 g/mol. The Morgan fingerprint density at radius 1 is 1.24 bits per heavy atom. The summed E-state index contributed by atoms with van der Waals surface area (Å²) >= 11 is 3.31. The molecule has 0 fully saturated rings. The van der Waals surface area contributed by atoms with Crippen molar-refractivity contribution in [3.63, 3.8) is 0 Å². The van der Waals surface area contributed by atoms with Crippen LogP contribution in [0.2, 0.25) is 0 Å². The number of halogens is 1. The zero-order valence-corrected chi connectivity index (χ0v) is 12.2. The van der Waals surface area contributed by atoms with E-state index in [2.05, 4.69) is 15.9 Å². The molecule has 0 bridgehead atoms. The molecule has 1 N–H and O–H groups in total. The second kappa shape index (κ2) is 6.36. The fourth-order valence-corrected chi connectivity index (χ4v) is 1.92. The fraction of sp³-hybridized carbons (Fsp3) is 0.0714. The number of hydrogen-bond acceptors (Lipinski definition) is 4. The monoisotopic (exact) mass is 351 g/mol. The van der Waals surface area contributed by atoms with Gasteiger partial charge in [-0.05, 0) is 29.8 Å². The van der Waals surface area contributed by atoms with Crippen LogP contribution >= 0.6 is 15.9 Å². The van der Waals surface area contributed by atoms with Crippen molar-refractivity contribution < 1.29 is 19.6 Å². The van der Waals surface area contributed by atoms with E-state index in [1.54, 1.807) is 0 Å². The van der Waals surface area contributed by atoms with E-state index in [-0.39, 0.29) is 23.6 Å². The minimum absolute atomic E-state index is 0.0351. The molecule has 0 aromatic heterocycles. The van der Waals surface area contributed by atoms with Gasteiger partial charge >= 0.3 is 11.7 Å². The number of nitro groups is 1. The highest BCUT2D eigenvalue weighted by Gasteiger charge is 2.18. The third kappa shape index (κ3) is 3.79. The minimum atomic E-state index is -1.22. The van der Waals surface area contributed by atoms with Crippen molar-refractivity contribution in [1.82, 2.24) is 0 Å². The van der Waals surface area contributed by atoms with Gasteiger partial charge in [0.1, 0.15) is 6.61 Å². The second-order valence-corrected chi connectivity index (χ2v) is 5.08. The van der Waals surface area contributed by atoms with Crippen LogP contribution in [0.25, 0.3) is 0 Å². The van der Waals surface area contributed by atoms with E-state index < -0.39 is 10.9 Å². The number of nitro benzene ring substituents is 1. The van der Waals surface area contributed by atoms with E-state index in [4.69, 9.17) is 9.84 Å². The smallest absolute Gasteiger partial charge is 0.335 e. The predicted molar refractivity (Wildman–Crippen MR) is 78.5 cm³/mol. The zero-order chi connectivity index (χ0) is 15.4. The topological polar surface area (TPSA) is 89.7 Å². The molecule has 2 aromatic carbocycles. The number of rotatable bonds is 5. The summed E-state index contributed by atoms with van der Waals surface area (Å²) < 4.78 is 6.33. The van der Waals surface area contributed by atoms with Crippen molar-refractivity contribution in [3.8, 4) is 5.75 Å². The lowest BCUT2D eigenvalue weighted by Gasteiger charge is -2.07. The summed E-state index contributed by atoms with van der Waals surface area (Å²) in [6.45, 7) is 0.153. The first-order chi connectivity index (χ1) is 9.97. The van der Waals surface area contributed by atoms with Crippen molar-refractivity contribution >= 4 is 27.6 Å². The Morgan fingerprint density at radius 3 is 2.48 bits per heavy atom. The molecular weight excluding hydrogens is 342 g/mol. The summed E-state index contributed by atoms with van der Waals surface area (Å²) in [5.74, 6) is -1.19. The first kappa shape index (κ1) is 15.0. The van der Waals surface area contributed by atoms with Gasteiger partial charge in [0.2, 0.25) is 0 Å². The number of aromatic carboxylic acids is 1. The van der Waals surface area contributed by atoms with Crippen molar-refractivity contribution in [2.45, 2.75) is 6.61 Å². The van der Waals surface area contributed by atoms with Gasteiger partial charge in [-0.1, -0.05) is 28.1 Å². The molecule has 108 valence electrons. The Bertz CT molecular complexity index is 684. The molecular formula is C14H10BrNO5. The SMILES string of the molecule is O=C(O)c1ccc(OCc2ccc(Br)cc2)c([N+](=O)[O-])c1. The average Bonchev–Trinajstić information content (AvgIpc) is 2.46. The van der Waals surface area contributed by atoms with E-state index in [0.29, 0.717) is 0 Å². The zero-order valence-electron chi connectivity index (χ0n) is 10.7. The molecule has 0 unspecified atom stereocenters. The standard InChI is InChI=1S/C14H10BrNO5/c15-11-4-1-9(2-5-11)8-21-13-6-3-10(14(17)18)7-12(13)16(19)20/h1-7H,8H2,(H,17,18). The van der Waals surface area contributed by atoms with Gasteiger partial charge in [0.25, 0.3) is 0 Å². The largest absolute Gasteiger partial charge is 0.482 e. The third-order valence-corrected chi connectivity index (χ3v) is 3.24. The number of nitrogens with zero attached hydrogens (tertiary/aromatic N) is 1. The van der Waals surface area contributed by atoms with Gasteiger partial charge in [0.05, 0.1) is 10.5 Å². The van der Waals surface area contributed by atoms with Crippen LogP contribution < -0.4 is 4.74 Å². The lowest BCUT2D eigenvalue weighted by atomic mass is 10.2. The Hall–Kier alpha value is -2.41. The summed E-state index contributed by atoms with van der Waals surface area (Å²) in [4.78, 5) is 21.1. The molecule has 2 rings (SSSR count). The van der Waals surface area contributed by atoms with Crippen LogP contribution in [0.4, 0.5) is 5.69 Å². The highest BCUT2D eigenvalue weighted by Crippen LogP contribution is 2.28. The van der Waals surface area contributed by atoms with Crippen LogP contribution in [0.15, 0.2) is 46.9 Å². The molecule has 0 spiro atoms. The summed E-state index contributed by atoms with van der Waals surface area (Å²) in [7, 11) is 0. The van der Waals surface area contributed by atoms with Gasteiger partial charge in [-0.25, -0.2) is 4.79 Å². The summed E-state index contributed by atoms with van der Waals surface area (Å²) in [5.41, 5.74) is 0.319. The Kier molecular flexibility index (Phi) is 4.54. The quantitative estimate of drug-likeness (QED) is 0.656. The van der Waals surface area contributed by atoms with Crippen LogP contribution in [0, 0.1) is 10.1 Å². The molecule has 0 aliphatic carbocycles. The minimum Gasteiger partial charge on any atom is -0.482 e. The molecule has 0 amide bonds. The molecule has 21 heavy (non-hydrogen) atoms. The Balaban J connectivity index is 2.21. The molecule has 0 aliphatic rings. The molecule has 2 aromatic rings. The van der Waals surface area contributed by atoms with Crippen LogP contribution in [0.1, 0.15) is 15.9 Å². The number of ether oxygens (including phenoxy) is 1. The summed E-state index contributed by atoms with van der Waals surface area (Å²) in [6, 6.07) is 10.9. The normalized spacial score (nSPS) is 10.1. The number of benzene rings is 2. The van der Waals surface area contributed by atoms with Crippen LogP contribution in [0.3, 0.4) is 0 Å². The van der Waals surface area contributed by atoms with Gasteiger partial charge in [-0.2, -0.15) is 0 Å². The molecule has 0 radical (unpaired) electrons. The highest BCUT2D eigenvalue weighted by atomic mass is 79.9. The number of carboxylic acids is 1. The van der Waals surface area contributed by atoms with E-state index in [1.165, 1.54) is 12.1 Å². The molecule has 0 saturated heterocycles. The van der Waals surface area contributed by atoms with Crippen molar-refractivity contribution in [2.24, 2.45) is 0 Å². The van der Waals surface area contributed by atoms with Crippen LogP contribution in [0.5, 0.6) is 5.75 Å². The highest BCUT2D eigenvalue weighted by molar-refractivity contribution is 9.10. The maximum atomic E-state index is 11.0. The van der Waals surface area contributed by atoms with E-state index >= 15 is 0 Å². The molecule has 0 atom stereocenters. The molecule has 7 heteroatoms. The number of carbonyl (C=O) groups is 1. The lowest BCUT2D eigenvalue weighted by molar-refractivity contribution is -0.386.